The van der Waals surface area contributed by atoms with Gasteiger partial charge in [0.2, 0.25) is 5.78 Å². The molecule has 2 nitrogen and oxygen atoms in total. The molecular formula is C13H11FO2S. The third kappa shape index (κ3) is 2.08. The van der Waals surface area contributed by atoms with Gasteiger partial charge in [-0.15, -0.1) is 11.3 Å². The summed E-state index contributed by atoms with van der Waals surface area (Å²) in [6, 6.07) is 6.06. The van der Waals surface area contributed by atoms with Crippen molar-refractivity contribution in [3.8, 4) is 5.75 Å². The van der Waals surface area contributed by atoms with E-state index >= 15 is 0 Å². The molecule has 1 heterocycles. The van der Waals surface area contributed by atoms with Gasteiger partial charge >= 0.3 is 0 Å². The standard InChI is InChI=1S/C13H11FO2S/c1-8-9(6-7-17-8)13(15)12-10(14)4-3-5-11(12)16-2/h3-7H,1-2H3. The first kappa shape index (κ1) is 11.8. The molecule has 0 saturated heterocycles. The largest absolute Gasteiger partial charge is 0.496 e. The normalized spacial score (nSPS) is 10.3. The summed E-state index contributed by atoms with van der Waals surface area (Å²) in [6.45, 7) is 1.84. The van der Waals surface area contributed by atoms with Gasteiger partial charge in [0.05, 0.1) is 7.11 Å². The second-order valence-corrected chi connectivity index (χ2v) is 4.66. The van der Waals surface area contributed by atoms with E-state index in [0.717, 1.165) is 4.88 Å². The average Bonchev–Trinajstić information content (AvgIpc) is 2.74. The van der Waals surface area contributed by atoms with Gasteiger partial charge in [-0.2, -0.15) is 0 Å². The second-order valence-electron chi connectivity index (χ2n) is 3.54. The molecule has 1 aromatic carbocycles. The fourth-order valence-electron chi connectivity index (χ4n) is 1.65. The number of rotatable bonds is 3. The number of carbonyl (C=O) groups is 1. The summed E-state index contributed by atoms with van der Waals surface area (Å²) < 4.78 is 18.7. The highest BCUT2D eigenvalue weighted by Gasteiger charge is 2.20. The Hall–Kier alpha value is -1.68. The van der Waals surface area contributed by atoms with Gasteiger partial charge in [0.1, 0.15) is 17.1 Å². The number of hydrogen-bond donors (Lipinski definition) is 0. The summed E-state index contributed by atoms with van der Waals surface area (Å²) in [6.07, 6.45) is 0. The molecule has 0 unspecified atom stereocenters. The number of hydrogen-bond acceptors (Lipinski definition) is 3. The molecule has 2 rings (SSSR count). The number of carbonyl (C=O) groups excluding carboxylic acids is 1. The van der Waals surface area contributed by atoms with E-state index in [9.17, 15) is 9.18 Å². The lowest BCUT2D eigenvalue weighted by Crippen LogP contribution is -2.07. The third-order valence-corrected chi connectivity index (χ3v) is 3.37. The highest BCUT2D eigenvalue weighted by molar-refractivity contribution is 7.10. The van der Waals surface area contributed by atoms with E-state index in [1.807, 2.05) is 12.3 Å². The predicted molar refractivity (Wildman–Crippen MR) is 65.4 cm³/mol. The Morgan fingerprint density at radius 2 is 2.12 bits per heavy atom. The maximum atomic E-state index is 13.7. The predicted octanol–water partition coefficient (Wildman–Crippen LogP) is 3.44. The second kappa shape index (κ2) is 4.67. The number of methoxy groups -OCH3 is 1. The van der Waals surface area contributed by atoms with Crippen molar-refractivity contribution in [3.63, 3.8) is 0 Å². The lowest BCUT2D eigenvalue weighted by Gasteiger charge is -2.08. The lowest BCUT2D eigenvalue weighted by molar-refractivity contribution is 0.103. The van der Waals surface area contributed by atoms with E-state index in [1.165, 1.54) is 30.6 Å². The number of aryl methyl sites for hydroxylation is 1. The first-order chi connectivity index (χ1) is 8.15. The molecule has 2 aromatic rings. The van der Waals surface area contributed by atoms with Crippen LogP contribution in [0, 0.1) is 12.7 Å². The monoisotopic (exact) mass is 250 g/mol. The smallest absolute Gasteiger partial charge is 0.200 e. The maximum Gasteiger partial charge on any atom is 0.200 e. The average molecular weight is 250 g/mol. The van der Waals surface area contributed by atoms with Crippen LogP contribution in [-0.4, -0.2) is 12.9 Å². The number of benzene rings is 1. The van der Waals surface area contributed by atoms with Crippen LogP contribution in [-0.2, 0) is 0 Å². The molecule has 1 aromatic heterocycles. The topological polar surface area (TPSA) is 26.3 Å². The van der Waals surface area contributed by atoms with Gasteiger partial charge in [-0.25, -0.2) is 4.39 Å². The Kier molecular flexibility index (Phi) is 3.24. The van der Waals surface area contributed by atoms with Crippen molar-refractivity contribution < 1.29 is 13.9 Å². The molecule has 0 N–H and O–H groups in total. The molecule has 0 radical (unpaired) electrons. The first-order valence-corrected chi connectivity index (χ1v) is 5.94. The molecule has 88 valence electrons. The number of ether oxygens (including phenoxy) is 1. The Balaban J connectivity index is 2.55. The van der Waals surface area contributed by atoms with Gasteiger partial charge in [-0.3, -0.25) is 4.79 Å². The quantitative estimate of drug-likeness (QED) is 0.780. The van der Waals surface area contributed by atoms with Crippen LogP contribution in [0.1, 0.15) is 20.8 Å². The molecule has 0 aliphatic rings. The number of thiophene rings is 1. The van der Waals surface area contributed by atoms with Gasteiger partial charge in [-0.1, -0.05) is 6.07 Å². The minimum atomic E-state index is -0.556. The van der Waals surface area contributed by atoms with Gasteiger partial charge in [-0.05, 0) is 30.5 Å². The Bertz CT molecular complexity index is 560. The molecule has 17 heavy (non-hydrogen) atoms. The third-order valence-electron chi connectivity index (χ3n) is 2.53. The van der Waals surface area contributed by atoms with E-state index in [2.05, 4.69) is 0 Å². The summed E-state index contributed by atoms with van der Waals surface area (Å²) in [5.74, 6) is -0.626. The van der Waals surface area contributed by atoms with Crippen LogP contribution in [0.25, 0.3) is 0 Å². The van der Waals surface area contributed by atoms with E-state index in [1.54, 1.807) is 12.1 Å². The van der Waals surface area contributed by atoms with Crippen LogP contribution >= 0.6 is 11.3 Å². The number of ketones is 1. The first-order valence-electron chi connectivity index (χ1n) is 5.06. The van der Waals surface area contributed by atoms with E-state index < -0.39 is 5.82 Å². The molecule has 0 aliphatic heterocycles. The summed E-state index contributed by atoms with van der Waals surface area (Å²) in [7, 11) is 1.42. The highest BCUT2D eigenvalue weighted by Crippen LogP contribution is 2.27. The lowest BCUT2D eigenvalue weighted by atomic mass is 10.0. The fraction of sp³-hybridized carbons (Fsp3) is 0.154. The van der Waals surface area contributed by atoms with Crippen LogP contribution in [0.3, 0.4) is 0 Å². The summed E-state index contributed by atoms with van der Waals surface area (Å²) >= 11 is 1.46. The Labute approximate surface area is 103 Å². The zero-order valence-electron chi connectivity index (χ0n) is 9.49. The molecule has 0 atom stereocenters. The highest BCUT2D eigenvalue weighted by atomic mass is 32.1. The van der Waals surface area contributed by atoms with Crippen LogP contribution in [0.2, 0.25) is 0 Å². The van der Waals surface area contributed by atoms with Crippen molar-refractivity contribution in [2.75, 3.05) is 7.11 Å². The molecule has 0 bridgehead atoms. The molecule has 0 fully saturated rings. The minimum absolute atomic E-state index is 0.00324. The van der Waals surface area contributed by atoms with Crippen molar-refractivity contribution in [2.24, 2.45) is 0 Å². The zero-order valence-corrected chi connectivity index (χ0v) is 10.3. The van der Waals surface area contributed by atoms with E-state index in [-0.39, 0.29) is 17.1 Å². The van der Waals surface area contributed by atoms with Crippen molar-refractivity contribution >= 4 is 17.1 Å². The fourth-order valence-corrected chi connectivity index (χ4v) is 2.35. The Morgan fingerprint density at radius 1 is 1.35 bits per heavy atom. The van der Waals surface area contributed by atoms with Crippen molar-refractivity contribution in [3.05, 3.63) is 51.5 Å². The molecular weight excluding hydrogens is 239 g/mol. The van der Waals surface area contributed by atoms with E-state index in [4.69, 9.17) is 4.74 Å². The summed E-state index contributed by atoms with van der Waals surface area (Å²) in [4.78, 5) is 13.1. The molecule has 0 aliphatic carbocycles. The minimum Gasteiger partial charge on any atom is -0.496 e. The molecule has 0 saturated carbocycles. The van der Waals surface area contributed by atoms with Crippen molar-refractivity contribution in [1.82, 2.24) is 0 Å². The molecule has 4 heteroatoms. The van der Waals surface area contributed by atoms with Gasteiger partial charge in [0.15, 0.2) is 0 Å². The van der Waals surface area contributed by atoms with Crippen LogP contribution in [0.5, 0.6) is 5.75 Å². The van der Waals surface area contributed by atoms with Gasteiger partial charge in [0, 0.05) is 10.4 Å². The summed E-state index contributed by atoms with van der Waals surface area (Å²) in [5.41, 5.74) is 0.523. The Morgan fingerprint density at radius 3 is 2.71 bits per heavy atom. The van der Waals surface area contributed by atoms with Gasteiger partial charge < -0.3 is 4.74 Å². The van der Waals surface area contributed by atoms with Crippen LogP contribution < -0.4 is 4.74 Å². The van der Waals surface area contributed by atoms with Crippen LogP contribution in [0.4, 0.5) is 4.39 Å². The molecule has 0 amide bonds. The van der Waals surface area contributed by atoms with Crippen molar-refractivity contribution in [2.45, 2.75) is 6.92 Å². The number of halogens is 1. The maximum absolute atomic E-state index is 13.7. The van der Waals surface area contributed by atoms with E-state index in [0.29, 0.717) is 5.56 Å². The van der Waals surface area contributed by atoms with Gasteiger partial charge in [0.25, 0.3) is 0 Å². The summed E-state index contributed by atoms with van der Waals surface area (Å²) in [5, 5.41) is 1.82. The van der Waals surface area contributed by atoms with Crippen molar-refractivity contribution in [1.29, 1.82) is 0 Å². The zero-order chi connectivity index (χ0) is 12.4. The molecule has 0 spiro atoms. The van der Waals surface area contributed by atoms with Crippen LogP contribution in [0.15, 0.2) is 29.6 Å². The SMILES string of the molecule is COc1cccc(F)c1C(=O)c1ccsc1C.